The summed E-state index contributed by atoms with van der Waals surface area (Å²) >= 11 is 0. The Morgan fingerprint density at radius 3 is 2.76 bits per heavy atom. The predicted octanol–water partition coefficient (Wildman–Crippen LogP) is 2.01. The highest BCUT2D eigenvalue weighted by Gasteiger charge is 2.13. The number of halogens is 1. The maximum Gasteiger partial charge on any atom is 0.305 e. The minimum absolute atomic E-state index is 0.0457. The molecule has 1 rings (SSSR count). The van der Waals surface area contributed by atoms with Crippen LogP contribution in [0, 0.1) is 15.9 Å². The number of nitro groups is 1. The number of carbonyl (C=O) groups is 1. The van der Waals surface area contributed by atoms with Gasteiger partial charge in [0.25, 0.3) is 5.69 Å². The minimum atomic E-state index is -1.01. The van der Waals surface area contributed by atoms with Gasteiger partial charge in [-0.2, -0.15) is 0 Å². The summed E-state index contributed by atoms with van der Waals surface area (Å²) in [5.74, 6) is -1.79. The van der Waals surface area contributed by atoms with Gasteiger partial charge in [0.2, 0.25) is 0 Å². The lowest BCUT2D eigenvalue weighted by Crippen LogP contribution is -2.19. The van der Waals surface area contributed by atoms with Crippen LogP contribution in [0.15, 0.2) is 18.2 Å². The molecule has 0 bridgehead atoms. The van der Waals surface area contributed by atoms with Crippen LogP contribution in [0.4, 0.5) is 15.8 Å². The lowest BCUT2D eigenvalue weighted by atomic mass is 10.2. The monoisotopic (exact) mass is 242 g/mol. The number of anilines is 1. The highest BCUT2D eigenvalue weighted by atomic mass is 19.1. The fraction of sp³-hybridized carbons (Fsp3) is 0.300. The molecule has 0 heterocycles. The van der Waals surface area contributed by atoms with Crippen molar-refractivity contribution in [2.24, 2.45) is 0 Å². The Kier molecular flexibility index (Phi) is 3.97. The first-order valence-corrected chi connectivity index (χ1v) is 4.82. The van der Waals surface area contributed by atoms with Crippen molar-refractivity contribution < 1.29 is 19.2 Å². The highest BCUT2D eigenvalue weighted by molar-refractivity contribution is 5.68. The predicted molar refractivity (Wildman–Crippen MR) is 58.4 cm³/mol. The molecule has 1 atom stereocenters. The Hall–Kier alpha value is -2.18. The summed E-state index contributed by atoms with van der Waals surface area (Å²) in [6.45, 7) is 1.58. The molecule has 1 aromatic carbocycles. The van der Waals surface area contributed by atoms with E-state index < -0.39 is 22.8 Å². The first-order valence-electron chi connectivity index (χ1n) is 4.82. The molecule has 17 heavy (non-hydrogen) atoms. The van der Waals surface area contributed by atoms with Crippen molar-refractivity contribution >= 4 is 17.3 Å². The van der Waals surface area contributed by atoms with Crippen LogP contribution in [0.3, 0.4) is 0 Å². The zero-order chi connectivity index (χ0) is 13.0. The molecule has 6 nitrogen and oxygen atoms in total. The number of nitrogens with zero attached hydrogens (tertiary/aromatic N) is 1. The van der Waals surface area contributed by atoms with Crippen molar-refractivity contribution in [3.05, 3.63) is 34.1 Å². The number of carboxylic acids is 1. The van der Waals surface area contributed by atoms with Gasteiger partial charge in [0, 0.05) is 12.1 Å². The van der Waals surface area contributed by atoms with Crippen molar-refractivity contribution in [3.63, 3.8) is 0 Å². The lowest BCUT2D eigenvalue weighted by molar-refractivity contribution is -0.385. The van der Waals surface area contributed by atoms with Gasteiger partial charge in [0.05, 0.1) is 23.1 Å². The molecule has 0 aromatic heterocycles. The summed E-state index contributed by atoms with van der Waals surface area (Å²) in [5, 5.41) is 21.5. The Balaban J connectivity index is 2.79. The van der Waals surface area contributed by atoms with Crippen molar-refractivity contribution in [3.8, 4) is 0 Å². The van der Waals surface area contributed by atoms with Crippen LogP contribution < -0.4 is 5.32 Å². The molecule has 1 aromatic rings. The fourth-order valence-electron chi connectivity index (χ4n) is 1.31. The second kappa shape index (κ2) is 5.24. The summed E-state index contributed by atoms with van der Waals surface area (Å²) in [6.07, 6.45) is -0.170. The maximum atomic E-state index is 13.4. The van der Waals surface area contributed by atoms with E-state index >= 15 is 0 Å². The number of hydrogen-bond donors (Lipinski definition) is 2. The summed E-state index contributed by atoms with van der Waals surface area (Å²) in [7, 11) is 0. The molecule has 2 N–H and O–H groups in total. The Morgan fingerprint density at radius 2 is 2.29 bits per heavy atom. The first-order chi connectivity index (χ1) is 7.90. The molecule has 0 aliphatic rings. The molecule has 0 fully saturated rings. The smallest absolute Gasteiger partial charge is 0.305 e. The van der Waals surface area contributed by atoms with Crippen LogP contribution in [-0.2, 0) is 4.79 Å². The average molecular weight is 242 g/mol. The summed E-state index contributed by atoms with van der Waals surface area (Å²) in [6, 6.07) is 2.68. The standard InChI is InChI=1S/C10H11FN2O4/c1-6(4-10(14)15)12-9-3-2-7(13(16)17)5-8(9)11/h2-3,5-6,12H,4H2,1H3,(H,14,15). The van der Waals surface area contributed by atoms with Crippen molar-refractivity contribution in [2.45, 2.75) is 19.4 Å². The molecular formula is C10H11FN2O4. The second-order valence-corrected chi connectivity index (χ2v) is 3.56. The van der Waals surface area contributed by atoms with Crippen LogP contribution in [-0.4, -0.2) is 22.0 Å². The third kappa shape index (κ3) is 3.71. The molecule has 7 heteroatoms. The molecule has 0 radical (unpaired) electrons. The number of rotatable bonds is 5. The van der Waals surface area contributed by atoms with E-state index in [9.17, 15) is 19.3 Å². The van der Waals surface area contributed by atoms with Gasteiger partial charge in [-0.05, 0) is 13.0 Å². The van der Waals surface area contributed by atoms with Gasteiger partial charge in [-0.15, -0.1) is 0 Å². The van der Waals surface area contributed by atoms with E-state index in [1.807, 2.05) is 0 Å². The molecule has 0 saturated heterocycles. The maximum absolute atomic E-state index is 13.4. The first kappa shape index (κ1) is 12.9. The average Bonchev–Trinajstić information content (AvgIpc) is 2.19. The summed E-state index contributed by atoms with van der Waals surface area (Å²) in [4.78, 5) is 20.1. The lowest BCUT2D eigenvalue weighted by Gasteiger charge is -2.13. The number of aliphatic carboxylic acids is 1. The molecule has 0 saturated carbocycles. The summed E-state index contributed by atoms with van der Waals surface area (Å²) < 4.78 is 13.4. The third-order valence-electron chi connectivity index (χ3n) is 2.05. The van der Waals surface area contributed by atoms with E-state index in [1.54, 1.807) is 6.92 Å². The van der Waals surface area contributed by atoms with E-state index in [4.69, 9.17) is 5.11 Å². The largest absolute Gasteiger partial charge is 0.481 e. The van der Waals surface area contributed by atoms with E-state index in [1.165, 1.54) is 6.07 Å². The Labute approximate surface area is 96.2 Å². The number of hydrogen-bond acceptors (Lipinski definition) is 4. The molecule has 0 spiro atoms. The van der Waals surface area contributed by atoms with Gasteiger partial charge in [0.1, 0.15) is 0 Å². The normalized spacial score (nSPS) is 11.9. The number of carboxylic acid groups (broad SMARTS) is 1. The number of non-ortho nitro benzene ring substituents is 1. The molecule has 1 unspecified atom stereocenters. The van der Waals surface area contributed by atoms with E-state index in [2.05, 4.69) is 5.32 Å². The fourth-order valence-corrected chi connectivity index (χ4v) is 1.31. The molecule has 92 valence electrons. The molecule has 0 aliphatic heterocycles. The topological polar surface area (TPSA) is 92.5 Å². The zero-order valence-electron chi connectivity index (χ0n) is 9.01. The van der Waals surface area contributed by atoms with Gasteiger partial charge < -0.3 is 10.4 Å². The van der Waals surface area contributed by atoms with E-state index in [-0.39, 0.29) is 17.8 Å². The van der Waals surface area contributed by atoms with Gasteiger partial charge >= 0.3 is 5.97 Å². The molecule has 0 amide bonds. The van der Waals surface area contributed by atoms with Gasteiger partial charge in [-0.1, -0.05) is 0 Å². The van der Waals surface area contributed by atoms with E-state index in [0.717, 1.165) is 12.1 Å². The van der Waals surface area contributed by atoms with Gasteiger partial charge in [-0.3, -0.25) is 14.9 Å². The summed E-state index contributed by atoms with van der Waals surface area (Å²) in [5.41, 5.74) is -0.303. The van der Waals surface area contributed by atoms with Crippen LogP contribution in [0.2, 0.25) is 0 Å². The van der Waals surface area contributed by atoms with Crippen LogP contribution in [0.25, 0.3) is 0 Å². The van der Waals surface area contributed by atoms with Crippen LogP contribution in [0.5, 0.6) is 0 Å². The SMILES string of the molecule is CC(CC(=O)O)Nc1ccc([N+](=O)[O-])cc1F. The Bertz CT molecular complexity index is 450. The Morgan fingerprint density at radius 1 is 1.65 bits per heavy atom. The zero-order valence-corrected chi connectivity index (χ0v) is 9.01. The van der Waals surface area contributed by atoms with Crippen molar-refractivity contribution in [1.29, 1.82) is 0 Å². The quantitative estimate of drug-likeness (QED) is 0.608. The molecule has 0 aliphatic carbocycles. The van der Waals surface area contributed by atoms with Crippen molar-refractivity contribution in [2.75, 3.05) is 5.32 Å². The highest BCUT2D eigenvalue weighted by Crippen LogP contribution is 2.21. The van der Waals surface area contributed by atoms with E-state index in [0.29, 0.717) is 0 Å². The second-order valence-electron chi connectivity index (χ2n) is 3.56. The third-order valence-corrected chi connectivity index (χ3v) is 2.05. The minimum Gasteiger partial charge on any atom is -0.481 e. The van der Waals surface area contributed by atoms with Gasteiger partial charge in [-0.25, -0.2) is 4.39 Å². The molecular weight excluding hydrogens is 231 g/mol. The van der Waals surface area contributed by atoms with Crippen molar-refractivity contribution in [1.82, 2.24) is 0 Å². The van der Waals surface area contributed by atoms with Crippen LogP contribution in [0.1, 0.15) is 13.3 Å². The number of benzene rings is 1. The number of nitrogens with one attached hydrogen (secondary N) is 1. The van der Waals surface area contributed by atoms with Gasteiger partial charge in [0.15, 0.2) is 5.82 Å². The van der Waals surface area contributed by atoms with Crippen LogP contribution >= 0.6 is 0 Å². The number of nitro benzene ring substituents is 1.